The van der Waals surface area contributed by atoms with Gasteiger partial charge < -0.3 is 9.52 Å². The van der Waals surface area contributed by atoms with Crippen LogP contribution in [0.3, 0.4) is 0 Å². The van der Waals surface area contributed by atoms with Crippen LogP contribution in [0.15, 0.2) is 40.8 Å². The Hall–Kier alpha value is -1.80. The lowest BCUT2D eigenvalue weighted by Crippen LogP contribution is -1.97. The molecule has 0 spiro atoms. The number of hydrogen-bond donors (Lipinski definition) is 1. The summed E-state index contributed by atoms with van der Waals surface area (Å²) in [5, 5.41) is 11.6. The molecule has 1 aromatic heterocycles. The van der Waals surface area contributed by atoms with Gasteiger partial charge in [0, 0.05) is 23.3 Å². The van der Waals surface area contributed by atoms with E-state index in [-0.39, 0.29) is 12.5 Å². The normalized spacial score (nSPS) is 13.2. The van der Waals surface area contributed by atoms with Crippen molar-refractivity contribution in [3.63, 3.8) is 0 Å². The van der Waals surface area contributed by atoms with Gasteiger partial charge in [-0.15, -0.1) is 0 Å². The summed E-state index contributed by atoms with van der Waals surface area (Å²) in [7, 11) is 0. The highest BCUT2D eigenvalue weighted by atomic mass is 16.3. The van der Waals surface area contributed by atoms with E-state index in [0.717, 1.165) is 35.0 Å². The van der Waals surface area contributed by atoms with E-state index in [2.05, 4.69) is 31.2 Å². The summed E-state index contributed by atoms with van der Waals surface area (Å²) in [5.41, 5.74) is 4.36. The molecule has 104 valence electrons. The van der Waals surface area contributed by atoms with Gasteiger partial charge in [-0.25, -0.2) is 0 Å². The van der Waals surface area contributed by atoms with Gasteiger partial charge in [0.1, 0.15) is 11.2 Å². The van der Waals surface area contributed by atoms with E-state index < -0.39 is 0 Å². The average Bonchev–Trinajstić information content (AvgIpc) is 2.84. The number of aliphatic hydroxyl groups is 1. The second-order valence-corrected chi connectivity index (χ2v) is 5.52. The summed E-state index contributed by atoms with van der Waals surface area (Å²) < 4.78 is 5.89. The predicted octanol–water partition coefficient (Wildman–Crippen LogP) is 4.63. The molecule has 0 aliphatic carbocycles. The van der Waals surface area contributed by atoms with Crippen LogP contribution in [0.5, 0.6) is 0 Å². The van der Waals surface area contributed by atoms with Crippen molar-refractivity contribution in [2.45, 2.75) is 32.6 Å². The summed E-state index contributed by atoms with van der Waals surface area (Å²) in [6.07, 6.45) is 2.24. The highest BCUT2D eigenvalue weighted by molar-refractivity contribution is 6.05. The largest absolute Gasteiger partial charge is 0.456 e. The van der Waals surface area contributed by atoms with Crippen molar-refractivity contribution in [2.24, 2.45) is 0 Å². The molecular formula is C18H20O2. The molecule has 0 aliphatic heterocycles. The molecule has 2 aromatic carbocycles. The van der Waals surface area contributed by atoms with Gasteiger partial charge in [0.05, 0.1) is 0 Å². The van der Waals surface area contributed by atoms with E-state index in [1.807, 2.05) is 19.1 Å². The first-order valence-electron chi connectivity index (χ1n) is 7.29. The molecular weight excluding hydrogens is 248 g/mol. The third-order valence-electron chi connectivity index (χ3n) is 3.94. The van der Waals surface area contributed by atoms with Crippen molar-refractivity contribution in [3.8, 4) is 0 Å². The van der Waals surface area contributed by atoms with Crippen molar-refractivity contribution in [3.05, 3.63) is 47.5 Å². The van der Waals surface area contributed by atoms with Crippen LogP contribution in [-0.4, -0.2) is 11.7 Å². The van der Waals surface area contributed by atoms with Crippen LogP contribution in [0.1, 0.15) is 37.3 Å². The number of furan rings is 1. The van der Waals surface area contributed by atoms with Crippen molar-refractivity contribution in [1.29, 1.82) is 0 Å². The van der Waals surface area contributed by atoms with Gasteiger partial charge in [-0.3, -0.25) is 0 Å². The molecule has 3 rings (SSSR count). The van der Waals surface area contributed by atoms with Gasteiger partial charge in [0.2, 0.25) is 0 Å². The van der Waals surface area contributed by atoms with Crippen LogP contribution in [-0.2, 0) is 6.42 Å². The van der Waals surface area contributed by atoms with Crippen LogP contribution < -0.4 is 0 Å². The van der Waals surface area contributed by atoms with Gasteiger partial charge in [0.25, 0.3) is 0 Å². The maximum Gasteiger partial charge on any atom is 0.135 e. The molecule has 0 fully saturated rings. The Balaban J connectivity index is 2.20. The predicted molar refractivity (Wildman–Crippen MR) is 83.2 cm³/mol. The van der Waals surface area contributed by atoms with E-state index in [4.69, 9.17) is 4.42 Å². The molecule has 1 heterocycles. The third kappa shape index (κ3) is 2.20. The topological polar surface area (TPSA) is 33.4 Å². The maximum absolute atomic E-state index is 9.31. The summed E-state index contributed by atoms with van der Waals surface area (Å²) in [6, 6.07) is 12.6. The first kappa shape index (κ1) is 13.2. The van der Waals surface area contributed by atoms with E-state index in [0.29, 0.717) is 0 Å². The fraction of sp³-hybridized carbons (Fsp3) is 0.333. The van der Waals surface area contributed by atoms with Gasteiger partial charge in [-0.1, -0.05) is 32.4 Å². The van der Waals surface area contributed by atoms with Gasteiger partial charge in [-0.2, -0.15) is 0 Å². The van der Waals surface area contributed by atoms with Gasteiger partial charge in [0.15, 0.2) is 0 Å². The molecule has 1 unspecified atom stereocenters. The minimum atomic E-state index is 0.156. The maximum atomic E-state index is 9.31. The zero-order valence-corrected chi connectivity index (χ0v) is 12.0. The van der Waals surface area contributed by atoms with Gasteiger partial charge >= 0.3 is 0 Å². The number of aliphatic hydroxyl groups excluding tert-OH is 1. The highest BCUT2D eigenvalue weighted by Crippen LogP contribution is 2.32. The number of rotatable bonds is 4. The van der Waals surface area contributed by atoms with Crippen molar-refractivity contribution in [2.75, 3.05) is 6.61 Å². The number of aryl methyl sites for hydroxylation is 1. The van der Waals surface area contributed by atoms with E-state index in [1.54, 1.807) is 0 Å². The zero-order chi connectivity index (χ0) is 14.1. The fourth-order valence-electron chi connectivity index (χ4n) is 2.70. The second kappa shape index (κ2) is 5.29. The first-order chi connectivity index (χ1) is 9.72. The fourth-order valence-corrected chi connectivity index (χ4v) is 2.70. The summed E-state index contributed by atoms with van der Waals surface area (Å²) in [6.45, 7) is 4.40. The molecule has 2 heteroatoms. The van der Waals surface area contributed by atoms with Crippen molar-refractivity contribution in [1.82, 2.24) is 0 Å². The molecule has 2 nitrogen and oxygen atoms in total. The van der Waals surface area contributed by atoms with E-state index >= 15 is 0 Å². The molecule has 0 saturated heterocycles. The molecule has 1 N–H and O–H groups in total. The Bertz CT molecular complexity index is 740. The Kier molecular flexibility index (Phi) is 3.49. The van der Waals surface area contributed by atoms with Crippen LogP contribution in [0.25, 0.3) is 21.9 Å². The molecule has 0 amide bonds. The van der Waals surface area contributed by atoms with Crippen LogP contribution in [0.4, 0.5) is 0 Å². The van der Waals surface area contributed by atoms with E-state index in [9.17, 15) is 5.11 Å². The summed E-state index contributed by atoms with van der Waals surface area (Å²) in [4.78, 5) is 0. The minimum absolute atomic E-state index is 0.156. The molecule has 3 aromatic rings. The Morgan fingerprint density at radius 3 is 2.45 bits per heavy atom. The van der Waals surface area contributed by atoms with Crippen molar-refractivity contribution >= 4 is 21.9 Å². The monoisotopic (exact) mass is 268 g/mol. The number of fused-ring (bicyclic) bond motifs is 3. The molecule has 20 heavy (non-hydrogen) atoms. The summed E-state index contributed by atoms with van der Waals surface area (Å²) >= 11 is 0. The minimum Gasteiger partial charge on any atom is -0.456 e. The van der Waals surface area contributed by atoms with Crippen LogP contribution >= 0.6 is 0 Å². The Morgan fingerprint density at radius 1 is 1.05 bits per heavy atom. The van der Waals surface area contributed by atoms with Crippen LogP contribution in [0.2, 0.25) is 0 Å². The second-order valence-electron chi connectivity index (χ2n) is 5.52. The lowest BCUT2D eigenvalue weighted by molar-refractivity contribution is 0.273. The number of hydrogen-bond acceptors (Lipinski definition) is 2. The average molecular weight is 268 g/mol. The molecule has 0 radical (unpaired) electrons. The van der Waals surface area contributed by atoms with Gasteiger partial charge in [-0.05, 0) is 41.8 Å². The van der Waals surface area contributed by atoms with Crippen molar-refractivity contribution < 1.29 is 9.52 Å². The molecule has 0 aliphatic rings. The SMILES string of the molecule is CCCc1ccc2oc3ccc(C(C)CO)cc3c2c1. The highest BCUT2D eigenvalue weighted by Gasteiger charge is 2.11. The smallest absolute Gasteiger partial charge is 0.135 e. The first-order valence-corrected chi connectivity index (χ1v) is 7.29. The molecule has 0 bridgehead atoms. The Labute approximate surface area is 119 Å². The Morgan fingerprint density at radius 2 is 1.75 bits per heavy atom. The third-order valence-corrected chi connectivity index (χ3v) is 3.94. The molecule has 1 atom stereocenters. The summed E-state index contributed by atoms with van der Waals surface area (Å²) in [5.74, 6) is 0.156. The standard InChI is InChI=1S/C18H20O2/c1-3-4-13-5-7-17-15(9-13)16-10-14(12(2)11-19)6-8-18(16)20-17/h5-10,12,19H,3-4,11H2,1-2H3. The zero-order valence-electron chi connectivity index (χ0n) is 12.0. The quantitative estimate of drug-likeness (QED) is 0.748. The number of benzene rings is 2. The molecule has 0 saturated carbocycles. The van der Waals surface area contributed by atoms with Crippen LogP contribution in [0, 0.1) is 0 Å². The lowest BCUT2D eigenvalue weighted by Gasteiger charge is -2.07. The van der Waals surface area contributed by atoms with E-state index in [1.165, 1.54) is 10.9 Å². The lowest BCUT2D eigenvalue weighted by atomic mass is 9.99.